The van der Waals surface area contributed by atoms with E-state index in [1.54, 1.807) is 0 Å². The van der Waals surface area contributed by atoms with E-state index in [-0.39, 0.29) is 0 Å². The van der Waals surface area contributed by atoms with Crippen LogP contribution in [-0.4, -0.2) is 43.8 Å². The zero-order valence-corrected chi connectivity index (χ0v) is 13.3. The molecule has 0 aliphatic carbocycles. The highest BCUT2D eigenvalue weighted by Gasteiger charge is 2.20. The monoisotopic (exact) mass is 326 g/mol. The number of halogens is 1. The van der Waals surface area contributed by atoms with Crippen molar-refractivity contribution in [3.8, 4) is 0 Å². The predicted molar refractivity (Wildman–Crippen MR) is 82.4 cm³/mol. The van der Waals surface area contributed by atoms with Crippen LogP contribution < -0.4 is 5.32 Å². The summed E-state index contributed by atoms with van der Waals surface area (Å²) in [5.41, 5.74) is 1.30. The van der Waals surface area contributed by atoms with E-state index in [0.717, 1.165) is 37.3 Å². The topological polar surface area (TPSA) is 24.5 Å². The highest BCUT2D eigenvalue weighted by Crippen LogP contribution is 2.22. The number of likely N-dealkylation sites (N-methyl/N-ethyl adjacent to an activating group) is 1. The zero-order chi connectivity index (χ0) is 13.7. The van der Waals surface area contributed by atoms with Crippen LogP contribution in [0.5, 0.6) is 0 Å². The first-order valence-electron chi connectivity index (χ1n) is 7.02. The van der Waals surface area contributed by atoms with Crippen LogP contribution in [0.2, 0.25) is 0 Å². The second-order valence-electron chi connectivity index (χ2n) is 5.04. The standard InChI is InChI=1S/C15H23BrN2O/c1-3-18-8-9-19-13(11-18)10-17-12(2)14-6-4-5-7-15(14)16/h4-7,12-13,17H,3,8-11H2,1-2H3. The molecule has 1 N–H and O–H groups in total. The molecule has 1 saturated heterocycles. The molecule has 1 fully saturated rings. The van der Waals surface area contributed by atoms with Crippen LogP contribution in [0.25, 0.3) is 0 Å². The van der Waals surface area contributed by atoms with Gasteiger partial charge in [-0.3, -0.25) is 4.90 Å². The van der Waals surface area contributed by atoms with Gasteiger partial charge in [-0.25, -0.2) is 0 Å². The molecule has 2 unspecified atom stereocenters. The van der Waals surface area contributed by atoms with Crippen molar-refractivity contribution in [1.29, 1.82) is 0 Å². The summed E-state index contributed by atoms with van der Waals surface area (Å²) in [6, 6.07) is 8.69. The van der Waals surface area contributed by atoms with Gasteiger partial charge in [0.1, 0.15) is 0 Å². The second kappa shape index (κ2) is 7.39. The van der Waals surface area contributed by atoms with Crippen LogP contribution in [-0.2, 0) is 4.74 Å². The number of benzene rings is 1. The van der Waals surface area contributed by atoms with Gasteiger partial charge in [0.05, 0.1) is 12.7 Å². The summed E-state index contributed by atoms with van der Waals surface area (Å²) in [6.07, 6.45) is 0.304. The molecule has 0 radical (unpaired) electrons. The van der Waals surface area contributed by atoms with Gasteiger partial charge < -0.3 is 10.1 Å². The molecule has 3 nitrogen and oxygen atoms in total. The molecule has 106 valence electrons. The molecule has 0 saturated carbocycles. The molecule has 19 heavy (non-hydrogen) atoms. The fourth-order valence-corrected chi connectivity index (χ4v) is 3.06. The molecule has 1 aromatic carbocycles. The number of hydrogen-bond donors (Lipinski definition) is 1. The Morgan fingerprint density at radius 2 is 2.26 bits per heavy atom. The largest absolute Gasteiger partial charge is 0.374 e. The van der Waals surface area contributed by atoms with Crippen molar-refractivity contribution >= 4 is 15.9 Å². The van der Waals surface area contributed by atoms with E-state index in [2.05, 4.69) is 58.2 Å². The van der Waals surface area contributed by atoms with E-state index >= 15 is 0 Å². The van der Waals surface area contributed by atoms with Gasteiger partial charge in [-0.15, -0.1) is 0 Å². The Kier molecular flexibility index (Phi) is 5.82. The summed E-state index contributed by atoms with van der Waals surface area (Å²) in [5, 5.41) is 3.57. The van der Waals surface area contributed by atoms with Crippen LogP contribution in [0.3, 0.4) is 0 Å². The van der Waals surface area contributed by atoms with E-state index in [1.165, 1.54) is 5.56 Å². The molecule has 0 aromatic heterocycles. The first-order valence-corrected chi connectivity index (χ1v) is 7.81. The Balaban J connectivity index is 1.83. The number of hydrogen-bond acceptors (Lipinski definition) is 3. The van der Waals surface area contributed by atoms with Gasteiger partial charge >= 0.3 is 0 Å². The molecular formula is C15H23BrN2O. The maximum Gasteiger partial charge on any atom is 0.0826 e. The summed E-state index contributed by atoms with van der Waals surface area (Å²) >= 11 is 3.60. The number of ether oxygens (including phenoxy) is 1. The van der Waals surface area contributed by atoms with Gasteiger partial charge in [0.2, 0.25) is 0 Å². The SMILES string of the molecule is CCN1CCOC(CNC(C)c2ccccc2Br)C1. The molecule has 2 rings (SSSR count). The van der Waals surface area contributed by atoms with Gasteiger partial charge in [-0.1, -0.05) is 41.1 Å². The Morgan fingerprint density at radius 3 is 3.00 bits per heavy atom. The van der Waals surface area contributed by atoms with E-state index in [9.17, 15) is 0 Å². The third kappa shape index (κ3) is 4.28. The van der Waals surface area contributed by atoms with E-state index in [4.69, 9.17) is 4.74 Å². The van der Waals surface area contributed by atoms with E-state index in [1.807, 2.05) is 6.07 Å². The smallest absolute Gasteiger partial charge is 0.0826 e. The number of nitrogens with zero attached hydrogens (tertiary/aromatic N) is 1. The molecule has 2 atom stereocenters. The molecular weight excluding hydrogens is 304 g/mol. The molecule has 1 aliphatic rings. The molecule has 0 bridgehead atoms. The first-order chi connectivity index (χ1) is 9.20. The molecule has 1 aromatic rings. The normalized spacial score (nSPS) is 22.4. The van der Waals surface area contributed by atoms with Gasteiger partial charge in [-0.05, 0) is 25.1 Å². The summed E-state index contributed by atoms with van der Waals surface area (Å²) in [4.78, 5) is 2.44. The Labute approximate surface area is 124 Å². The van der Waals surface area contributed by atoms with Gasteiger partial charge in [0, 0.05) is 30.1 Å². The minimum Gasteiger partial charge on any atom is -0.374 e. The molecule has 1 heterocycles. The second-order valence-corrected chi connectivity index (χ2v) is 5.89. The average molecular weight is 327 g/mol. The summed E-state index contributed by atoms with van der Waals surface area (Å²) in [6.45, 7) is 9.36. The molecule has 1 aliphatic heterocycles. The van der Waals surface area contributed by atoms with Crippen LogP contribution in [0, 0.1) is 0 Å². The molecule has 0 spiro atoms. The van der Waals surface area contributed by atoms with Crippen LogP contribution in [0.4, 0.5) is 0 Å². The van der Waals surface area contributed by atoms with Crippen molar-refractivity contribution in [2.24, 2.45) is 0 Å². The maximum absolute atomic E-state index is 5.81. The van der Waals surface area contributed by atoms with Crippen molar-refractivity contribution in [1.82, 2.24) is 10.2 Å². The van der Waals surface area contributed by atoms with Crippen molar-refractivity contribution in [3.63, 3.8) is 0 Å². The lowest BCUT2D eigenvalue weighted by Crippen LogP contribution is -2.46. The third-order valence-corrected chi connectivity index (χ3v) is 4.42. The lowest BCUT2D eigenvalue weighted by molar-refractivity contribution is -0.0262. The number of rotatable bonds is 5. The number of morpholine rings is 1. The van der Waals surface area contributed by atoms with Crippen molar-refractivity contribution < 1.29 is 4.74 Å². The Hall–Kier alpha value is -0.420. The lowest BCUT2D eigenvalue weighted by atomic mass is 10.1. The average Bonchev–Trinajstić information content (AvgIpc) is 2.45. The van der Waals surface area contributed by atoms with Gasteiger partial charge in [0.25, 0.3) is 0 Å². The van der Waals surface area contributed by atoms with Gasteiger partial charge in [0.15, 0.2) is 0 Å². The van der Waals surface area contributed by atoms with Crippen LogP contribution in [0.15, 0.2) is 28.7 Å². The Bertz CT molecular complexity index is 399. The molecule has 4 heteroatoms. The van der Waals surface area contributed by atoms with Crippen molar-refractivity contribution in [3.05, 3.63) is 34.3 Å². The van der Waals surface area contributed by atoms with Crippen LogP contribution in [0.1, 0.15) is 25.5 Å². The first kappa shape index (κ1) is 15.0. The summed E-state index contributed by atoms with van der Waals surface area (Å²) < 4.78 is 6.97. The van der Waals surface area contributed by atoms with Crippen LogP contribution >= 0.6 is 15.9 Å². The Morgan fingerprint density at radius 1 is 1.47 bits per heavy atom. The van der Waals surface area contributed by atoms with E-state index < -0.39 is 0 Å². The van der Waals surface area contributed by atoms with Gasteiger partial charge in [-0.2, -0.15) is 0 Å². The van der Waals surface area contributed by atoms with Crippen molar-refractivity contribution in [2.75, 3.05) is 32.8 Å². The number of nitrogens with one attached hydrogen (secondary N) is 1. The third-order valence-electron chi connectivity index (χ3n) is 3.69. The molecule has 0 amide bonds. The lowest BCUT2D eigenvalue weighted by Gasteiger charge is -2.33. The van der Waals surface area contributed by atoms with Crippen molar-refractivity contribution in [2.45, 2.75) is 26.0 Å². The minimum atomic E-state index is 0.304. The maximum atomic E-state index is 5.81. The zero-order valence-electron chi connectivity index (χ0n) is 11.7. The fourth-order valence-electron chi connectivity index (χ4n) is 2.44. The summed E-state index contributed by atoms with van der Waals surface area (Å²) in [5.74, 6) is 0. The minimum absolute atomic E-state index is 0.304. The fraction of sp³-hybridized carbons (Fsp3) is 0.600. The van der Waals surface area contributed by atoms with E-state index in [0.29, 0.717) is 12.1 Å². The predicted octanol–water partition coefficient (Wildman–Crippen LogP) is 2.82. The summed E-state index contributed by atoms with van der Waals surface area (Å²) in [7, 11) is 0. The highest BCUT2D eigenvalue weighted by atomic mass is 79.9. The quantitative estimate of drug-likeness (QED) is 0.900. The highest BCUT2D eigenvalue weighted by molar-refractivity contribution is 9.10.